The van der Waals surface area contributed by atoms with Gasteiger partial charge in [0.05, 0.1) is 27.9 Å². The molecule has 3 aromatic carbocycles. The monoisotopic (exact) mass is 504 g/mol. The minimum atomic E-state index is -1.59. The number of nitrogens with two attached hydrogens (primary N) is 1. The van der Waals surface area contributed by atoms with Gasteiger partial charge in [-0.05, 0) is 28.3 Å². The van der Waals surface area contributed by atoms with Crippen LogP contribution in [-0.2, 0) is 9.53 Å². The number of hydrogen-bond acceptors (Lipinski definition) is 8. The highest BCUT2D eigenvalue weighted by atomic mass is 16.6. The number of benzene rings is 3. The highest BCUT2D eigenvalue weighted by molar-refractivity contribution is 6.06. The van der Waals surface area contributed by atoms with Gasteiger partial charge in [0.15, 0.2) is 5.78 Å². The van der Waals surface area contributed by atoms with E-state index >= 15 is 0 Å². The Morgan fingerprint density at radius 3 is 2.05 bits per heavy atom. The Morgan fingerprint density at radius 2 is 1.51 bits per heavy atom. The van der Waals surface area contributed by atoms with Gasteiger partial charge in [0.25, 0.3) is 11.4 Å². The second kappa shape index (κ2) is 10.2. The van der Waals surface area contributed by atoms with Crippen LogP contribution in [0.5, 0.6) is 0 Å². The molecule has 0 heterocycles. The Bertz CT molecular complexity index is 1390. The first-order chi connectivity index (χ1) is 17.7. The van der Waals surface area contributed by atoms with E-state index in [0.29, 0.717) is 6.07 Å². The summed E-state index contributed by atoms with van der Waals surface area (Å²) < 4.78 is 5.39. The zero-order valence-corrected chi connectivity index (χ0v) is 19.2. The maximum atomic E-state index is 13.1. The van der Waals surface area contributed by atoms with Gasteiger partial charge in [0.1, 0.15) is 12.6 Å². The predicted molar refractivity (Wildman–Crippen MR) is 130 cm³/mol. The van der Waals surface area contributed by atoms with Crippen LogP contribution in [0.15, 0.2) is 66.7 Å². The van der Waals surface area contributed by atoms with Crippen molar-refractivity contribution in [3.05, 3.63) is 104 Å². The van der Waals surface area contributed by atoms with E-state index < -0.39 is 57.0 Å². The van der Waals surface area contributed by atoms with Gasteiger partial charge in [-0.1, -0.05) is 48.5 Å². The molecule has 0 spiro atoms. The number of fused-ring (bicyclic) bond motifs is 3. The van der Waals surface area contributed by atoms with Crippen LogP contribution in [0.25, 0.3) is 11.1 Å². The minimum Gasteiger partial charge on any atom is -0.449 e. The highest BCUT2D eigenvalue weighted by Gasteiger charge is 2.33. The first-order valence-corrected chi connectivity index (χ1v) is 11.0. The number of amides is 2. The quantitative estimate of drug-likeness (QED) is 0.252. The average molecular weight is 504 g/mol. The molecule has 12 nitrogen and oxygen atoms in total. The second-order valence-electron chi connectivity index (χ2n) is 8.27. The molecule has 12 heteroatoms. The number of rotatable bonds is 9. The Balaban J connectivity index is 1.53. The molecule has 37 heavy (non-hydrogen) atoms. The lowest BCUT2D eigenvalue weighted by Crippen LogP contribution is -2.44. The average Bonchev–Trinajstić information content (AvgIpc) is 3.19. The van der Waals surface area contributed by atoms with Crippen molar-refractivity contribution in [1.82, 2.24) is 5.32 Å². The van der Waals surface area contributed by atoms with Crippen LogP contribution in [0.2, 0.25) is 0 Å². The molecule has 4 rings (SSSR count). The highest BCUT2D eigenvalue weighted by Crippen LogP contribution is 2.44. The summed E-state index contributed by atoms with van der Waals surface area (Å²) in [5.74, 6) is -2.24. The molecule has 3 N–H and O–H groups in total. The van der Waals surface area contributed by atoms with Gasteiger partial charge in [-0.3, -0.25) is 29.8 Å². The first-order valence-electron chi connectivity index (χ1n) is 11.0. The lowest BCUT2D eigenvalue weighted by Gasteiger charge is -2.18. The topological polar surface area (TPSA) is 185 Å². The van der Waals surface area contributed by atoms with Crippen LogP contribution in [0.3, 0.4) is 0 Å². The maximum Gasteiger partial charge on any atom is 0.407 e. The number of ketones is 1. The number of nitro benzene ring substituents is 2. The van der Waals surface area contributed by atoms with Crippen LogP contribution in [-0.4, -0.2) is 40.3 Å². The first kappa shape index (κ1) is 25.0. The van der Waals surface area contributed by atoms with E-state index in [4.69, 9.17) is 10.5 Å². The van der Waals surface area contributed by atoms with Crippen molar-refractivity contribution in [2.45, 2.75) is 18.4 Å². The van der Waals surface area contributed by atoms with E-state index in [0.717, 1.165) is 34.4 Å². The summed E-state index contributed by atoms with van der Waals surface area (Å²) in [6.07, 6.45) is -1.71. The molecule has 0 bridgehead atoms. The molecule has 1 atom stereocenters. The van der Waals surface area contributed by atoms with Crippen LogP contribution >= 0.6 is 0 Å². The molecular weight excluding hydrogens is 484 g/mol. The van der Waals surface area contributed by atoms with E-state index in [1.165, 1.54) is 0 Å². The molecule has 0 aromatic heterocycles. The Hall–Kier alpha value is -5.13. The van der Waals surface area contributed by atoms with Crippen LogP contribution in [0.1, 0.15) is 33.8 Å². The van der Waals surface area contributed by atoms with Crippen molar-refractivity contribution in [1.29, 1.82) is 0 Å². The largest absolute Gasteiger partial charge is 0.449 e. The van der Waals surface area contributed by atoms with Crippen molar-refractivity contribution in [3.8, 4) is 11.1 Å². The van der Waals surface area contributed by atoms with Crippen molar-refractivity contribution in [3.63, 3.8) is 0 Å². The van der Waals surface area contributed by atoms with Crippen molar-refractivity contribution >= 4 is 29.2 Å². The summed E-state index contributed by atoms with van der Waals surface area (Å²) in [5, 5.41) is 24.7. The lowest BCUT2D eigenvalue weighted by molar-refractivity contribution is -0.394. The summed E-state index contributed by atoms with van der Waals surface area (Å²) in [5.41, 5.74) is 7.20. The van der Waals surface area contributed by atoms with Crippen LogP contribution < -0.4 is 11.1 Å². The fourth-order valence-electron chi connectivity index (χ4n) is 4.37. The maximum absolute atomic E-state index is 13.1. The standard InChI is InChI=1S/C25H20N4O8/c26-23(30)12-21(24(31)19-10-9-14(28(33)34)11-22(19)29(35)36)27-25(32)37-13-20-17-7-3-1-5-15(17)16-6-2-4-8-18(16)20/h1-11,20-21H,12-13H2,(H2,26,30)(H,27,32)/t21-/m0/s1. The van der Waals surface area contributed by atoms with E-state index in [-0.39, 0.29) is 12.5 Å². The number of carbonyl (C=O) groups excluding carboxylic acids is 3. The second-order valence-corrected chi connectivity index (χ2v) is 8.27. The van der Waals surface area contributed by atoms with Gasteiger partial charge in [-0.2, -0.15) is 0 Å². The smallest absolute Gasteiger partial charge is 0.407 e. The molecule has 0 fully saturated rings. The van der Waals surface area contributed by atoms with Crippen molar-refractivity contribution in [2.75, 3.05) is 6.61 Å². The molecule has 0 aliphatic heterocycles. The number of nitrogens with one attached hydrogen (secondary N) is 1. The minimum absolute atomic E-state index is 0.0744. The number of non-ortho nitro benzene ring substituents is 1. The number of ether oxygens (including phenoxy) is 1. The van der Waals surface area contributed by atoms with Gasteiger partial charge in [-0.25, -0.2) is 4.79 Å². The number of hydrogen-bond donors (Lipinski definition) is 2. The van der Waals surface area contributed by atoms with Gasteiger partial charge in [-0.15, -0.1) is 0 Å². The number of primary amides is 1. The number of alkyl carbamates (subject to hydrolysis) is 1. The number of Topliss-reactive ketones (excluding diaryl/α,β-unsaturated/α-hetero) is 1. The molecule has 0 saturated carbocycles. The Morgan fingerprint density at radius 1 is 0.919 bits per heavy atom. The molecule has 188 valence electrons. The number of nitro groups is 2. The summed E-state index contributed by atoms with van der Waals surface area (Å²) in [6.45, 7) is -0.0744. The predicted octanol–water partition coefficient (Wildman–Crippen LogP) is 3.47. The van der Waals surface area contributed by atoms with Crippen LogP contribution in [0.4, 0.5) is 16.2 Å². The number of carbonyl (C=O) groups is 3. The molecule has 3 aromatic rings. The Labute approximate surface area is 209 Å². The fourth-order valence-corrected chi connectivity index (χ4v) is 4.37. The molecule has 0 radical (unpaired) electrons. The normalized spacial score (nSPS) is 12.6. The van der Waals surface area contributed by atoms with E-state index in [2.05, 4.69) is 5.32 Å². The fraction of sp³-hybridized carbons (Fsp3) is 0.160. The van der Waals surface area contributed by atoms with Gasteiger partial charge >= 0.3 is 6.09 Å². The summed E-state index contributed by atoms with van der Waals surface area (Å²) in [6, 6.07) is 16.2. The van der Waals surface area contributed by atoms with Gasteiger partial charge in [0.2, 0.25) is 5.91 Å². The number of nitrogens with zero attached hydrogens (tertiary/aromatic N) is 2. The molecule has 2 amide bonds. The van der Waals surface area contributed by atoms with E-state index in [1.807, 2.05) is 48.5 Å². The third-order valence-electron chi connectivity index (χ3n) is 6.01. The van der Waals surface area contributed by atoms with Crippen molar-refractivity contribution < 1.29 is 29.0 Å². The molecule has 1 aliphatic carbocycles. The van der Waals surface area contributed by atoms with E-state index in [1.54, 1.807) is 0 Å². The lowest BCUT2D eigenvalue weighted by atomic mass is 9.98. The zero-order chi connectivity index (χ0) is 26.7. The SMILES string of the molecule is NC(=O)C[C@H](NC(=O)OCC1c2ccccc2-c2ccccc21)C(=O)c1ccc([N+](=O)[O-])cc1[N+](=O)[O-]. The van der Waals surface area contributed by atoms with Gasteiger partial charge < -0.3 is 15.8 Å². The van der Waals surface area contributed by atoms with Crippen molar-refractivity contribution in [2.24, 2.45) is 5.73 Å². The summed E-state index contributed by atoms with van der Waals surface area (Å²) in [4.78, 5) is 57.9. The zero-order valence-electron chi connectivity index (χ0n) is 19.2. The van der Waals surface area contributed by atoms with Gasteiger partial charge in [0, 0.05) is 12.0 Å². The molecule has 0 unspecified atom stereocenters. The third-order valence-corrected chi connectivity index (χ3v) is 6.01. The van der Waals surface area contributed by atoms with E-state index in [9.17, 15) is 34.6 Å². The van der Waals surface area contributed by atoms with Crippen LogP contribution in [0, 0.1) is 20.2 Å². The third kappa shape index (κ3) is 5.12. The summed E-state index contributed by atoms with van der Waals surface area (Å²) >= 11 is 0. The molecular formula is C25H20N4O8. The molecule has 0 saturated heterocycles. The Kier molecular flexibility index (Phi) is 6.91. The molecule has 1 aliphatic rings. The summed E-state index contributed by atoms with van der Waals surface area (Å²) in [7, 11) is 0.